The Morgan fingerprint density at radius 2 is 0.894 bits per heavy atom. The maximum Gasteiger partial charge on any atom is 0.164 e. The van der Waals surface area contributed by atoms with E-state index in [-0.39, 0.29) is 0 Å². The van der Waals surface area contributed by atoms with Crippen molar-refractivity contribution < 1.29 is 0 Å². The quantitative estimate of drug-likeness (QED) is 0.185. The van der Waals surface area contributed by atoms with Crippen LogP contribution < -0.4 is 10.4 Å². The second-order valence-electron chi connectivity index (χ2n) is 12.9. The van der Waals surface area contributed by atoms with Crippen molar-refractivity contribution in [1.82, 2.24) is 15.0 Å². The molecule has 0 bridgehead atoms. The Kier molecular flexibility index (Phi) is 6.27. The summed E-state index contributed by atoms with van der Waals surface area (Å²) in [6.07, 6.45) is 0. The zero-order chi connectivity index (χ0) is 31.5. The van der Waals surface area contributed by atoms with Crippen LogP contribution in [0.5, 0.6) is 0 Å². The van der Waals surface area contributed by atoms with Gasteiger partial charge in [0, 0.05) is 16.7 Å². The molecule has 0 N–H and O–H groups in total. The fourth-order valence-corrected chi connectivity index (χ4v) is 10.7. The number of fused-ring (bicyclic) bond motifs is 5. The van der Waals surface area contributed by atoms with E-state index in [0.29, 0.717) is 11.6 Å². The summed E-state index contributed by atoms with van der Waals surface area (Å²) < 4.78 is 0. The Bertz CT molecular complexity index is 2480. The lowest BCUT2D eigenvalue weighted by molar-refractivity contribution is 1.08. The number of hydrogen-bond donors (Lipinski definition) is 0. The summed E-state index contributed by atoms with van der Waals surface area (Å²) in [4.78, 5) is 15.4. The normalized spacial score (nSPS) is 13.1. The number of nitrogens with zero attached hydrogens (tertiary/aromatic N) is 3. The lowest BCUT2D eigenvalue weighted by atomic mass is 9.99. The highest BCUT2D eigenvalue weighted by molar-refractivity contribution is 7.04. The van der Waals surface area contributed by atoms with Crippen LogP contribution in [0.2, 0.25) is 13.1 Å². The Labute approximate surface area is 275 Å². The molecule has 47 heavy (non-hydrogen) atoms. The first-order valence-corrected chi connectivity index (χ1v) is 19.1. The van der Waals surface area contributed by atoms with Gasteiger partial charge in [-0.1, -0.05) is 153 Å². The summed E-state index contributed by atoms with van der Waals surface area (Å²) >= 11 is 0. The van der Waals surface area contributed by atoms with Crippen LogP contribution in [0, 0.1) is 0 Å². The molecule has 0 atom stereocenters. The topological polar surface area (TPSA) is 38.7 Å². The Balaban J connectivity index is 1.19. The molecule has 0 fully saturated rings. The Hall–Kier alpha value is -5.71. The van der Waals surface area contributed by atoms with Crippen molar-refractivity contribution in [1.29, 1.82) is 0 Å². The van der Waals surface area contributed by atoms with Crippen LogP contribution in [-0.2, 0) is 0 Å². The van der Waals surface area contributed by atoms with Gasteiger partial charge in [-0.15, -0.1) is 0 Å². The minimum atomic E-state index is -2.08. The summed E-state index contributed by atoms with van der Waals surface area (Å²) in [5.74, 6) is 2.09. The molecule has 4 heteroatoms. The molecule has 0 saturated heterocycles. The van der Waals surface area contributed by atoms with Gasteiger partial charge in [-0.25, -0.2) is 15.0 Å². The van der Waals surface area contributed by atoms with E-state index >= 15 is 0 Å². The minimum Gasteiger partial charge on any atom is -0.208 e. The summed E-state index contributed by atoms with van der Waals surface area (Å²) in [6.45, 7) is 4.92. The van der Waals surface area contributed by atoms with E-state index in [0.717, 1.165) is 28.1 Å². The first-order valence-electron chi connectivity index (χ1n) is 16.1. The monoisotopic (exact) mass is 617 g/mol. The molecule has 2 heterocycles. The average molecular weight is 618 g/mol. The molecule has 1 aromatic heterocycles. The molecule has 1 aliphatic heterocycles. The molecule has 0 amide bonds. The molecule has 0 saturated carbocycles. The van der Waals surface area contributed by atoms with Crippen molar-refractivity contribution >= 4 is 40.0 Å². The van der Waals surface area contributed by atoms with Gasteiger partial charge in [0.2, 0.25) is 0 Å². The van der Waals surface area contributed by atoms with Gasteiger partial charge in [-0.2, -0.15) is 0 Å². The fourth-order valence-electron chi connectivity index (χ4n) is 7.27. The summed E-state index contributed by atoms with van der Waals surface area (Å²) in [5.41, 5.74) is 8.06. The highest BCUT2D eigenvalue weighted by atomic mass is 28.3. The zero-order valence-electron chi connectivity index (χ0n) is 26.3. The molecule has 7 aromatic carbocycles. The maximum atomic E-state index is 5.20. The lowest BCUT2D eigenvalue weighted by Crippen LogP contribution is -2.50. The molecule has 0 radical (unpaired) electrons. The van der Waals surface area contributed by atoms with Gasteiger partial charge in [-0.05, 0) is 66.3 Å². The predicted molar refractivity (Wildman–Crippen MR) is 199 cm³/mol. The highest BCUT2D eigenvalue weighted by Crippen LogP contribution is 2.36. The molecule has 0 spiro atoms. The van der Waals surface area contributed by atoms with Gasteiger partial charge in [0.15, 0.2) is 17.5 Å². The van der Waals surface area contributed by atoms with Gasteiger partial charge >= 0.3 is 0 Å². The second-order valence-corrected chi connectivity index (χ2v) is 17.2. The third-order valence-corrected chi connectivity index (χ3v) is 13.2. The summed E-state index contributed by atoms with van der Waals surface area (Å²) in [6, 6.07) is 54.1. The fraction of sp³-hybridized carbons (Fsp3) is 0.0465. The summed E-state index contributed by atoms with van der Waals surface area (Å²) in [7, 11) is -2.08. The number of hydrogen-bond acceptors (Lipinski definition) is 3. The molecule has 222 valence electrons. The van der Waals surface area contributed by atoms with E-state index in [1.165, 1.54) is 48.6 Å². The minimum absolute atomic E-state index is 0.678. The van der Waals surface area contributed by atoms with Gasteiger partial charge in [0.25, 0.3) is 0 Å². The molecule has 0 unspecified atom stereocenters. The van der Waals surface area contributed by atoms with E-state index < -0.39 is 8.07 Å². The van der Waals surface area contributed by atoms with Crippen molar-refractivity contribution in [2.45, 2.75) is 13.1 Å². The van der Waals surface area contributed by atoms with Crippen molar-refractivity contribution in [3.05, 3.63) is 152 Å². The Morgan fingerprint density at radius 3 is 1.62 bits per heavy atom. The van der Waals surface area contributed by atoms with E-state index in [2.05, 4.69) is 147 Å². The van der Waals surface area contributed by atoms with Crippen LogP contribution in [0.25, 0.3) is 78.0 Å². The van der Waals surface area contributed by atoms with E-state index in [1.807, 2.05) is 18.2 Å². The standard InChI is InChI=1S/C43H31N3Si/c1-47(2)39-27-34-16-9-8-15-33(34)26-38(39)36-17-10-18-37(40(36)47)43-45-41(30-12-4-3-5-13-30)44-42(46-43)31-22-19-29(20-23-31)35-24-21-28-11-6-7-14-32(28)25-35/h3-27H,1-2H3. The Morgan fingerprint density at radius 1 is 0.362 bits per heavy atom. The van der Waals surface area contributed by atoms with Gasteiger partial charge < -0.3 is 0 Å². The van der Waals surface area contributed by atoms with Crippen LogP contribution >= 0.6 is 0 Å². The van der Waals surface area contributed by atoms with Gasteiger partial charge in [0.1, 0.15) is 8.07 Å². The largest absolute Gasteiger partial charge is 0.208 e. The molecule has 1 aliphatic rings. The van der Waals surface area contributed by atoms with Crippen molar-refractivity contribution in [3.8, 4) is 56.4 Å². The SMILES string of the molecule is C[Si]1(C)c2cc3ccccc3cc2-c2cccc(-c3nc(-c4ccccc4)nc(-c4ccc(-c5ccc6ccccc6c5)cc4)n3)c21. The number of rotatable bonds is 4. The zero-order valence-corrected chi connectivity index (χ0v) is 27.3. The van der Waals surface area contributed by atoms with Crippen LogP contribution in [0.4, 0.5) is 0 Å². The second kappa shape index (κ2) is 10.7. The van der Waals surface area contributed by atoms with Crippen molar-refractivity contribution in [2.75, 3.05) is 0 Å². The summed E-state index contributed by atoms with van der Waals surface area (Å²) in [5, 5.41) is 7.92. The van der Waals surface area contributed by atoms with E-state index in [4.69, 9.17) is 15.0 Å². The number of benzene rings is 7. The van der Waals surface area contributed by atoms with Gasteiger partial charge in [0.05, 0.1) is 0 Å². The third kappa shape index (κ3) is 4.60. The van der Waals surface area contributed by atoms with Crippen LogP contribution in [0.1, 0.15) is 0 Å². The first kappa shape index (κ1) is 27.6. The first-order chi connectivity index (χ1) is 23.0. The molecular formula is C43H31N3Si. The molecule has 9 rings (SSSR count). The smallest absolute Gasteiger partial charge is 0.164 e. The van der Waals surface area contributed by atoms with Crippen molar-refractivity contribution in [2.24, 2.45) is 0 Å². The molecular weight excluding hydrogens is 587 g/mol. The van der Waals surface area contributed by atoms with Crippen molar-refractivity contribution in [3.63, 3.8) is 0 Å². The third-order valence-electron chi connectivity index (χ3n) is 9.67. The molecule has 0 aliphatic carbocycles. The lowest BCUT2D eigenvalue weighted by Gasteiger charge is -2.22. The van der Waals surface area contributed by atoms with Crippen LogP contribution in [0.15, 0.2) is 152 Å². The van der Waals surface area contributed by atoms with E-state index in [1.54, 1.807) is 0 Å². The van der Waals surface area contributed by atoms with Gasteiger partial charge in [-0.3, -0.25) is 0 Å². The maximum absolute atomic E-state index is 5.20. The average Bonchev–Trinajstić information content (AvgIpc) is 3.36. The predicted octanol–water partition coefficient (Wildman–Crippen LogP) is 9.65. The highest BCUT2D eigenvalue weighted by Gasteiger charge is 2.40. The van der Waals surface area contributed by atoms with E-state index in [9.17, 15) is 0 Å². The van der Waals surface area contributed by atoms with Crippen LogP contribution in [-0.4, -0.2) is 23.0 Å². The van der Waals surface area contributed by atoms with Crippen LogP contribution in [0.3, 0.4) is 0 Å². The molecule has 8 aromatic rings. The molecule has 3 nitrogen and oxygen atoms in total. The number of aromatic nitrogens is 3.